The van der Waals surface area contributed by atoms with Gasteiger partial charge in [-0.25, -0.2) is 14.2 Å². The highest BCUT2D eigenvalue weighted by Gasteiger charge is 2.28. The van der Waals surface area contributed by atoms with Crippen LogP contribution in [0.4, 0.5) is 4.39 Å². The molecule has 0 radical (unpaired) electrons. The van der Waals surface area contributed by atoms with Gasteiger partial charge in [-0.15, -0.1) is 0 Å². The summed E-state index contributed by atoms with van der Waals surface area (Å²) in [6.07, 6.45) is 2.37. The van der Waals surface area contributed by atoms with Crippen molar-refractivity contribution < 1.29 is 18.7 Å². The molecule has 0 amide bonds. The van der Waals surface area contributed by atoms with Crippen LogP contribution in [0.3, 0.4) is 0 Å². The Balaban J connectivity index is 2.13. The topological polar surface area (TPSA) is 48.4 Å². The first kappa shape index (κ1) is 19.3. The molecule has 5 heteroatoms. The van der Waals surface area contributed by atoms with Gasteiger partial charge in [-0.3, -0.25) is 0 Å². The zero-order chi connectivity index (χ0) is 19.6. The zero-order valence-corrected chi connectivity index (χ0v) is 16.3. The first-order valence-electron chi connectivity index (χ1n) is 9.61. The molecule has 1 aromatic carbocycles. The molecule has 0 saturated carbocycles. The van der Waals surface area contributed by atoms with Gasteiger partial charge in [0.1, 0.15) is 11.9 Å². The van der Waals surface area contributed by atoms with Crippen molar-refractivity contribution in [2.45, 2.75) is 53.1 Å². The summed E-state index contributed by atoms with van der Waals surface area (Å²) in [6.45, 7) is 8.17. The molecule has 0 aliphatic carbocycles. The number of aromatic nitrogens is 1. The summed E-state index contributed by atoms with van der Waals surface area (Å²) in [4.78, 5) is 16.7. The quantitative estimate of drug-likeness (QED) is 0.696. The van der Waals surface area contributed by atoms with Crippen LogP contribution in [0.15, 0.2) is 24.3 Å². The molecule has 2 aromatic rings. The number of pyridine rings is 1. The van der Waals surface area contributed by atoms with Crippen molar-refractivity contribution in [1.29, 1.82) is 0 Å². The smallest absolute Gasteiger partial charge is 0.357 e. The fourth-order valence-corrected chi connectivity index (χ4v) is 3.39. The number of aryl methyl sites for hydroxylation is 1. The van der Waals surface area contributed by atoms with Crippen molar-refractivity contribution in [3.05, 3.63) is 46.9 Å². The fourth-order valence-electron chi connectivity index (χ4n) is 3.39. The van der Waals surface area contributed by atoms with E-state index in [1.54, 1.807) is 25.1 Å². The van der Waals surface area contributed by atoms with Crippen LogP contribution in [0, 0.1) is 11.7 Å². The standard InChI is InChI=1S/C22H26FNO3/c1-5-14-7-8-15(18(23)11-14)17-12-19(22(25)26-6-2)24-21-16(17)9-10-20(27-21)13(3)4/h7-8,11-13,20H,5-6,9-10H2,1-4H3. The number of halogens is 1. The summed E-state index contributed by atoms with van der Waals surface area (Å²) in [5.41, 5.74) is 3.05. The zero-order valence-electron chi connectivity index (χ0n) is 16.3. The van der Waals surface area contributed by atoms with Crippen LogP contribution in [0.25, 0.3) is 11.1 Å². The molecule has 0 spiro atoms. The summed E-state index contributed by atoms with van der Waals surface area (Å²) in [6, 6.07) is 6.86. The molecule has 0 bridgehead atoms. The third-order valence-corrected chi connectivity index (χ3v) is 4.99. The third-order valence-electron chi connectivity index (χ3n) is 4.99. The van der Waals surface area contributed by atoms with Gasteiger partial charge in [0.25, 0.3) is 0 Å². The largest absolute Gasteiger partial charge is 0.474 e. The lowest BCUT2D eigenvalue weighted by Crippen LogP contribution is -2.29. The minimum atomic E-state index is -0.526. The summed E-state index contributed by atoms with van der Waals surface area (Å²) < 4.78 is 26.0. The Morgan fingerprint density at radius 1 is 1.30 bits per heavy atom. The number of rotatable bonds is 5. The van der Waals surface area contributed by atoms with Crippen LogP contribution in [-0.4, -0.2) is 23.7 Å². The molecule has 3 rings (SSSR count). The number of carbonyl (C=O) groups excluding carboxylic acids is 1. The highest BCUT2D eigenvalue weighted by atomic mass is 19.1. The molecule has 1 aliphatic rings. The van der Waals surface area contributed by atoms with Crippen molar-refractivity contribution in [3.63, 3.8) is 0 Å². The molecular formula is C22H26FNO3. The Kier molecular flexibility index (Phi) is 5.78. The number of hydrogen-bond donors (Lipinski definition) is 0. The molecule has 144 valence electrons. The number of fused-ring (bicyclic) bond motifs is 1. The van der Waals surface area contributed by atoms with Gasteiger partial charge < -0.3 is 9.47 Å². The Morgan fingerprint density at radius 3 is 2.70 bits per heavy atom. The van der Waals surface area contributed by atoms with Gasteiger partial charge in [0.2, 0.25) is 5.88 Å². The number of nitrogens with zero attached hydrogens (tertiary/aromatic N) is 1. The minimum Gasteiger partial charge on any atom is -0.474 e. The lowest BCUT2D eigenvalue weighted by molar-refractivity contribution is 0.0515. The second-order valence-corrected chi connectivity index (χ2v) is 7.17. The number of benzene rings is 1. The Morgan fingerprint density at radius 2 is 2.07 bits per heavy atom. The van der Waals surface area contributed by atoms with E-state index in [0.717, 1.165) is 30.4 Å². The van der Waals surface area contributed by atoms with Crippen LogP contribution >= 0.6 is 0 Å². The maximum Gasteiger partial charge on any atom is 0.357 e. The predicted octanol–water partition coefficient (Wildman–Crippen LogP) is 4.98. The Bertz CT molecular complexity index is 848. The second kappa shape index (κ2) is 8.07. The maximum absolute atomic E-state index is 14.8. The van der Waals surface area contributed by atoms with E-state index in [2.05, 4.69) is 18.8 Å². The van der Waals surface area contributed by atoms with E-state index >= 15 is 0 Å². The van der Waals surface area contributed by atoms with Gasteiger partial charge in [0, 0.05) is 11.1 Å². The lowest BCUT2D eigenvalue weighted by Gasteiger charge is -2.29. The lowest BCUT2D eigenvalue weighted by atomic mass is 9.91. The fraction of sp³-hybridized carbons (Fsp3) is 0.455. The molecule has 2 heterocycles. The van der Waals surface area contributed by atoms with Crippen LogP contribution < -0.4 is 4.74 Å². The molecule has 1 unspecified atom stereocenters. The molecule has 1 atom stereocenters. The van der Waals surface area contributed by atoms with Crippen molar-refractivity contribution in [2.24, 2.45) is 5.92 Å². The predicted molar refractivity (Wildman–Crippen MR) is 103 cm³/mol. The van der Waals surface area contributed by atoms with E-state index in [9.17, 15) is 9.18 Å². The van der Waals surface area contributed by atoms with E-state index in [1.165, 1.54) is 0 Å². The van der Waals surface area contributed by atoms with E-state index in [-0.39, 0.29) is 24.2 Å². The SMILES string of the molecule is CCOC(=O)c1cc(-c2ccc(CC)cc2F)c2c(n1)OC(C(C)C)CC2. The molecular weight excluding hydrogens is 345 g/mol. The van der Waals surface area contributed by atoms with Gasteiger partial charge in [-0.2, -0.15) is 0 Å². The van der Waals surface area contributed by atoms with E-state index in [4.69, 9.17) is 9.47 Å². The summed E-state index contributed by atoms with van der Waals surface area (Å²) in [5.74, 6) is -0.0827. The van der Waals surface area contributed by atoms with Crippen LogP contribution in [-0.2, 0) is 17.6 Å². The average Bonchev–Trinajstić information content (AvgIpc) is 2.66. The number of carbonyl (C=O) groups is 1. The van der Waals surface area contributed by atoms with Gasteiger partial charge in [-0.05, 0) is 55.4 Å². The maximum atomic E-state index is 14.8. The van der Waals surface area contributed by atoms with Crippen molar-refractivity contribution >= 4 is 5.97 Å². The highest BCUT2D eigenvalue weighted by molar-refractivity contribution is 5.90. The van der Waals surface area contributed by atoms with Gasteiger partial charge >= 0.3 is 5.97 Å². The molecule has 4 nitrogen and oxygen atoms in total. The molecule has 1 aliphatic heterocycles. The van der Waals surface area contributed by atoms with Crippen molar-refractivity contribution in [1.82, 2.24) is 4.98 Å². The Labute approximate surface area is 159 Å². The highest BCUT2D eigenvalue weighted by Crippen LogP contribution is 2.38. The average molecular weight is 371 g/mol. The Hall–Kier alpha value is -2.43. The number of hydrogen-bond acceptors (Lipinski definition) is 4. The molecule has 0 saturated heterocycles. The summed E-state index contributed by atoms with van der Waals surface area (Å²) in [5, 5.41) is 0. The molecule has 0 fully saturated rings. The van der Waals surface area contributed by atoms with E-state index < -0.39 is 5.97 Å². The second-order valence-electron chi connectivity index (χ2n) is 7.17. The third kappa shape index (κ3) is 3.97. The number of esters is 1. The van der Waals surface area contributed by atoms with E-state index in [1.807, 2.05) is 13.0 Å². The summed E-state index contributed by atoms with van der Waals surface area (Å²) in [7, 11) is 0. The molecule has 0 N–H and O–H groups in total. The van der Waals surface area contributed by atoms with Gasteiger partial charge in [0.05, 0.1) is 6.61 Å². The van der Waals surface area contributed by atoms with Crippen molar-refractivity contribution in [2.75, 3.05) is 6.61 Å². The van der Waals surface area contributed by atoms with Crippen LogP contribution in [0.5, 0.6) is 5.88 Å². The molecule has 1 aromatic heterocycles. The van der Waals surface area contributed by atoms with Crippen molar-refractivity contribution in [3.8, 4) is 17.0 Å². The normalized spacial score (nSPS) is 16.0. The monoisotopic (exact) mass is 371 g/mol. The number of ether oxygens (including phenoxy) is 2. The molecule has 27 heavy (non-hydrogen) atoms. The summed E-state index contributed by atoms with van der Waals surface area (Å²) >= 11 is 0. The van der Waals surface area contributed by atoms with E-state index in [0.29, 0.717) is 22.9 Å². The minimum absolute atomic E-state index is 0.0302. The van der Waals surface area contributed by atoms with Gasteiger partial charge in [0.15, 0.2) is 5.69 Å². The van der Waals surface area contributed by atoms with Gasteiger partial charge in [-0.1, -0.05) is 32.9 Å². The first-order chi connectivity index (χ1) is 12.9. The van der Waals surface area contributed by atoms with Crippen LogP contribution in [0.1, 0.15) is 55.7 Å². The first-order valence-corrected chi connectivity index (χ1v) is 9.61. The van der Waals surface area contributed by atoms with Crippen LogP contribution in [0.2, 0.25) is 0 Å².